The Morgan fingerprint density at radius 1 is 0.426 bits per heavy atom. The highest BCUT2D eigenvalue weighted by atomic mass is 15.1. The number of anilines is 3. The normalized spacial score (nSPS) is 13.1. The molecule has 8 aromatic rings. The predicted octanol–water partition coefficient (Wildman–Crippen LogP) is 14.9. The van der Waals surface area contributed by atoms with Gasteiger partial charge in [-0.15, -0.1) is 0 Å². The average Bonchev–Trinajstić information content (AvgIpc) is 3.43. The summed E-state index contributed by atoms with van der Waals surface area (Å²) in [5.41, 5.74) is 17.4. The maximum absolute atomic E-state index is 2.47. The van der Waals surface area contributed by atoms with Crippen LogP contribution in [-0.2, 0) is 10.8 Å². The van der Waals surface area contributed by atoms with Crippen LogP contribution in [0.1, 0.15) is 51.3 Å². The number of rotatable bonds is 6. The zero-order valence-electron chi connectivity index (χ0n) is 31.8. The number of hydrogen-bond acceptors (Lipinski definition) is 1. The van der Waals surface area contributed by atoms with Crippen LogP contribution in [0.5, 0.6) is 0 Å². The summed E-state index contributed by atoms with van der Waals surface area (Å²) in [6.45, 7) is 11.5. The van der Waals surface area contributed by atoms with E-state index in [1.807, 2.05) is 0 Å². The second kappa shape index (κ2) is 13.0. The van der Waals surface area contributed by atoms with E-state index in [1.165, 1.54) is 72.0 Å². The third-order valence-corrected chi connectivity index (χ3v) is 11.4. The van der Waals surface area contributed by atoms with Crippen LogP contribution in [0.4, 0.5) is 17.1 Å². The molecule has 0 amide bonds. The lowest BCUT2D eigenvalue weighted by Gasteiger charge is -2.30. The first kappa shape index (κ1) is 33.6. The first-order valence-electron chi connectivity index (χ1n) is 19.1. The molecule has 8 aromatic carbocycles. The van der Waals surface area contributed by atoms with Crippen LogP contribution in [0, 0.1) is 0 Å². The Hall–Kier alpha value is -6.18. The Balaban J connectivity index is 1.26. The maximum Gasteiger partial charge on any atom is 0.0546 e. The van der Waals surface area contributed by atoms with Crippen molar-refractivity contribution in [2.24, 2.45) is 0 Å². The van der Waals surface area contributed by atoms with Crippen molar-refractivity contribution in [2.75, 3.05) is 4.90 Å². The van der Waals surface area contributed by atoms with Gasteiger partial charge in [0.05, 0.1) is 5.69 Å². The fourth-order valence-electron chi connectivity index (χ4n) is 8.47. The van der Waals surface area contributed by atoms with Gasteiger partial charge in [-0.3, -0.25) is 0 Å². The van der Waals surface area contributed by atoms with Crippen LogP contribution in [0.3, 0.4) is 0 Å². The largest absolute Gasteiger partial charge is 0.310 e. The molecule has 0 spiro atoms. The smallest absolute Gasteiger partial charge is 0.0546 e. The summed E-state index contributed by atoms with van der Waals surface area (Å²) in [6.07, 6.45) is 0. The molecule has 9 rings (SSSR count). The Morgan fingerprint density at radius 3 is 1.78 bits per heavy atom. The van der Waals surface area contributed by atoms with E-state index in [2.05, 4.69) is 222 Å². The van der Waals surface area contributed by atoms with Crippen molar-refractivity contribution in [3.8, 4) is 44.5 Å². The first-order valence-corrected chi connectivity index (χ1v) is 19.1. The van der Waals surface area contributed by atoms with Gasteiger partial charge >= 0.3 is 0 Å². The molecule has 54 heavy (non-hydrogen) atoms. The van der Waals surface area contributed by atoms with Gasteiger partial charge in [-0.25, -0.2) is 0 Å². The molecule has 0 saturated heterocycles. The van der Waals surface area contributed by atoms with Gasteiger partial charge in [0.1, 0.15) is 0 Å². The van der Waals surface area contributed by atoms with Gasteiger partial charge in [-0.2, -0.15) is 0 Å². The highest BCUT2D eigenvalue weighted by Gasteiger charge is 2.35. The Kier molecular flexibility index (Phi) is 8.12. The van der Waals surface area contributed by atoms with Crippen LogP contribution in [0.25, 0.3) is 55.3 Å². The minimum atomic E-state index is -0.0640. The molecule has 0 unspecified atom stereocenters. The van der Waals surface area contributed by atoms with Gasteiger partial charge in [-0.1, -0.05) is 180 Å². The highest BCUT2D eigenvalue weighted by Crippen LogP contribution is 2.52. The van der Waals surface area contributed by atoms with Crippen molar-refractivity contribution in [3.05, 3.63) is 199 Å². The lowest BCUT2D eigenvalue weighted by molar-refractivity contribution is 0.590. The van der Waals surface area contributed by atoms with Crippen molar-refractivity contribution in [2.45, 2.75) is 45.4 Å². The molecule has 1 nitrogen and oxygen atoms in total. The molecule has 0 saturated carbocycles. The number of nitrogens with zero attached hydrogens (tertiary/aromatic N) is 1. The van der Waals surface area contributed by atoms with E-state index in [-0.39, 0.29) is 10.8 Å². The van der Waals surface area contributed by atoms with Crippen LogP contribution in [0.15, 0.2) is 182 Å². The van der Waals surface area contributed by atoms with Gasteiger partial charge in [-0.05, 0) is 108 Å². The Morgan fingerprint density at radius 2 is 1.02 bits per heavy atom. The second-order valence-electron chi connectivity index (χ2n) is 16.2. The quantitative estimate of drug-likeness (QED) is 0.167. The van der Waals surface area contributed by atoms with E-state index < -0.39 is 0 Å². The monoisotopic (exact) mass is 695 g/mol. The summed E-state index contributed by atoms with van der Waals surface area (Å²) >= 11 is 0. The van der Waals surface area contributed by atoms with Crippen molar-refractivity contribution >= 4 is 27.8 Å². The van der Waals surface area contributed by atoms with Crippen LogP contribution >= 0.6 is 0 Å². The Labute approximate surface area is 320 Å². The van der Waals surface area contributed by atoms with Crippen molar-refractivity contribution in [1.82, 2.24) is 0 Å². The van der Waals surface area contributed by atoms with Crippen molar-refractivity contribution in [3.63, 3.8) is 0 Å². The molecule has 0 aliphatic heterocycles. The molecule has 0 bridgehead atoms. The Bertz CT molecular complexity index is 2640. The fourth-order valence-corrected chi connectivity index (χ4v) is 8.47. The number of fused-ring (bicyclic) bond motifs is 4. The van der Waals surface area contributed by atoms with Gasteiger partial charge in [0.2, 0.25) is 0 Å². The summed E-state index contributed by atoms with van der Waals surface area (Å²) < 4.78 is 0. The van der Waals surface area contributed by atoms with Gasteiger partial charge in [0, 0.05) is 22.4 Å². The molecule has 0 fully saturated rings. The minimum absolute atomic E-state index is 0.0640. The van der Waals surface area contributed by atoms with Crippen LogP contribution in [-0.4, -0.2) is 0 Å². The molecular formula is C53H45N. The van der Waals surface area contributed by atoms with Crippen LogP contribution in [0.2, 0.25) is 0 Å². The molecule has 0 radical (unpaired) electrons. The molecule has 0 N–H and O–H groups in total. The summed E-state index contributed by atoms with van der Waals surface area (Å²) in [7, 11) is 0. The summed E-state index contributed by atoms with van der Waals surface area (Å²) in [4.78, 5) is 2.47. The highest BCUT2D eigenvalue weighted by molar-refractivity contribution is 6.06. The second-order valence-corrected chi connectivity index (χ2v) is 16.2. The molecule has 1 aliphatic rings. The van der Waals surface area contributed by atoms with E-state index in [1.54, 1.807) is 0 Å². The molecule has 0 aromatic heterocycles. The lowest BCUT2D eigenvalue weighted by atomic mass is 9.82. The number of hydrogen-bond donors (Lipinski definition) is 0. The van der Waals surface area contributed by atoms with Gasteiger partial charge in [0.15, 0.2) is 0 Å². The van der Waals surface area contributed by atoms with Crippen molar-refractivity contribution in [1.29, 1.82) is 0 Å². The zero-order valence-corrected chi connectivity index (χ0v) is 31.8. The molecule has 0 atom stereocenters. The average molecular weight is 696 g/mol. The van der Waals surface area contributed by atoms with E-state index in [0.717, 1.165) is 17.1 Å². The fraction of sp³-hybridized carbons (Fsp3) is 0.132. The van der Waals surface area contributed by atoms with Gasteiger partial charge in [0.25, 0.3) is 0 Å². The topological polar surface area (TPSA) is 3.24 Å². The maximum atomic E-state index is 2.47. The lowest BCUT2D eigenvalue weighted by Crippen LogP contribution is -2.15. The molecule has 1 aliphatic carbocycles. The predicted molar refractivity (Wildman–Crippen MR) is 231 cm³/mol. The van der Waals surface area contributed by atoms with E-state index in [0.29, 0.717) is 0 Å². The summed E-state index contributed by atoms with van der Waals surface area (Å²) in [5.74, 6) is 0. The van der Waals surface area contributed by atoms with E-state index in [9.17, 15) is 0 Å². The molecular weight excluding hydrogens is 651 g/mol. The number of benzene rings is 8. The first-order chi connectivity index (χ1) is 26.2. The van der Waals surface area contributed by atoms with Gasteiger partial charge < -0.3 is 4.90 Å². The molecule has 1 heteroatoms. The van der Waals surface area contributed by atoms with E-state index >= 15 is 0 Å². The summed E-state index contributed by atoms with van der Waals surface area (Å²) in [5, 5.41) is 2.45. The molecule has 0 heterocycles. The zero-order chi connectivity index (χ0) is 37.0. The third-order valence-electron chi connectivity index (χ3n) is 11.4. The van der Waals surface area contributed by atoms with Crippen LogP contribution < -0.4 is 4.90 Å². The third kappa shape index (κ3) is 5.81. The SMILES string of the molecule is CC(C)(C)c1ccc(-c2ccc(N(c3ccc4c(c3)-c3ccccc3C4(C)C)c3ccc4ccccc4c3-c3cccc(-c4ccccc4)c3)cc2)cc1. The van der Waals surface area contributed by atoms with Crippen molar-refractivity contribution < 1.29 is 0 Å². The standard InChI is InChI=1S/C53H45N/c1-52(2,3)42-27-22-37(23-28-42)38-24-29-43(30-25-38)54(44-31-32-49-47(35-44)46-20-11-12-21-48(46)53(49,4)5)50-33-26-39-16-9-10-19-45(39)51(50)41-18-13-17-40(34-41)36-14-7-6-8-15-36/h6-35H,1-5H3. The van der Waals surface area contributed by atoms with E-state index in [4.69, 9.17) is 0 Å². The summed E-state index contributed by atoms with van der Waals surface area (Å²) in [6, 6.07) is 67.3. The molecule has 262 valence electrons. The minimum Gasteiger partial charge on any atom is -0.310 e.